The summed E-state index contributed by atoms with van der Waals surface area (Å²) in [6.07, 6.45) is -2.59. The number of pyridine rings is 1. The molecular formula is C12H17ClF3N3. The van der Waals surface area contributed by atoms with Gasteiger partial charge in [0.25, 0.3) is 0 Å². The highest BCUT2D eigenvalue weighted by molar-refractivity contribution is 6.33. The first-order chi connectivity index (χ1) is 8.86. The fourth-order valence-corrected chi connectivity index (χ4v) is 1.83. The van der Waals surface area contributed by atoms with Crippen molar-refractivity contribution in [3.63, 3.8) is 0 Å². The number of likely N-dealkylation sites (N-methyl/N-ethyl adjacent to an activating group) is 1. The normalized spacial score (nSPS) is 11.7. The van der Waals surface area contributed by atoms with Crippen molar-refractivity contribution < 1.29 is 13.2 Å². The van der Waals surface area contributed by atoms with Crippen LogP contribution in [0.4, 0.5) is 19.0 Å². The number of hydrogen-bond donors (Lipinski definition) is 1. The Bertz CT molecular complexity index is 410. The average Bonchev–Trinajstić information content (AvgIpc) is 2.33. The molecule has 1 N–H and O–H groups in total. The third kappa shape index (κ3) is 4.87. The van der Waals surface area contributed by atoms with Crippen molar-refractivity contribution in [2.24, 2.45) is 0 Å². The molecule has 0 aliphatic rings. The van der Waals surface area contributed by atoms with Crippen LogP contribution in [0.25, 0.3) is 0 Å². The van der Waals surface area contributed by atoms with Gasteiger partial charge < -0.3 is 10.2 Å². The third-order valence-electron chi connectivity index (χ3n) is 2.56. The van der Waals surface area contributed by atoms with Crippen LogP contribution < -0.4 is 10.2 Å². The van der Waals surface area contributed by atoms with Gasteiger partial charge in [0.05, 0.1) is 10.6 Å². The number of halogens is 4. The zero-order chi connectivity index (χ0) is 14.5. The van der Waals surface area contributed by atoms with Crippen LogP contribution in [0.5, 0.6) is 0 Å². The van der Waals surface area contributed by atoms with Gasteiger partial charge >= 0.3 is 6.18 Å². The number of anilines is 1. The van der Waals surface area contributed by atoms with Gasteiger partial charge in [-0.2, -0.15) is 13.2 Å². The zero-order valence-corrected chi connectivity index (χ0v) is 11.6. The van der Waals surface area contributed by atoms with E-state index >= 15 is 0 Å². The molecule has 0 saturated carbocycles. The molecule has 0 spiro atoms. The smallest absolute Gasteiger partial charge is 0.357 e. The molecule has 7 heteroatoms. The molecular weight excluding hydrogens is 279 g/mol. The first kappa shape index (κ1) is 16.0. The highest BCUT2D eigenvalue weighted by Crippen LogP contribution is 2.33. The monoisotopic (exact) mass is 295 g/mol. The van der Waals surface area contributed by atoms with E-state index in [0.29, 0.717) is 12.4 Å². The SMILES string of the molecule is CCCNCCN(C)c1ncc(C(F)(F)F)cc1Cl. The number of nitrogens with one attached hydrogen (secondary N) is 1. The number of nitrogens with zero attached hydrogens (tertiary/aromatic N) is 2. The molecule has 3 nitrogen and oxygen atoms in total. The molecule has 0 radical (unpaired) electrons. The third-order valence-corrected chi connectivity index (χ3v) is 2.84. The van der Waals surface area contributed by atoms with Crippen molar-refractivity contribution in [1.29, 1.82) is 0 Å². The van der Waals surface area contributed by atoms with Gasteiger partial charge in [-0.05, 0) is 19.0 Å². The quantitative estimate of drug-likeness (QED) is 0.817. The van der Waals surface area contributed by atoms with Gasteiger partial charge in [0.1, 0.15) is 5.82 Å². The Morgan fingerprint density at radius 2 is 2.05 bits per heavy atom. The second-order valence-electron chi connectivity index (χ2n) is 4.20. The minimum Gasteiger partial charge on any atom is -0.357 e. The standard InChI is InChI=1S/C12H17ClF3N3/c1-3-4-17-5-6-19(2)11-10(13)7-9(8-18-11)12(14,15)16/h7-8,17H,3-6H2,1-2H3. The molecule has 19 heavy (non-hydrogen) atoms. The topological polar surface area (TPSA) is 28.2 Å². The van der Waals surface area contributed by atoms with Gasteiger partial charge in [-0.3, -0.25) is 0 Å². The molecule has 0 atom stereocenters. The van der Waals surface area contributed by atoms with E-state index in [1.54, 1.807) is 11.9 Å². The lowest BCUT2D eigenvalue weighted by molar-refractivity contribution is -0.137. The first-order valence-electron chi connectivity index (χ1n) is 6.01. The summed E-state index contributed by atoms with van der Waals surface area (Å²) in [5.41, 5.74) is -0.834. The Kier molecular flexibility index (Phi) is 5.87. The predicted molar refractivity (Wildman–Crippen MR) is 70.7 cm³/mol. The van der Waals surface area contributed by atoms with Gasteiger partial charge in [-0.15, -0.1) is 0 Å². The number of rotatable bonds is 6. The second kappa shape index (κ2) is 6.96. The summed E-state index contributed by atoms with van der Waals surface area (Å²) in [5, 5.41) is 3.21. The lowest BCUT2D eigenvalue weighted by atomic mass is 10.2. The van der Waals surface area contributed by atoms with Gasteiger partial charge in [0.15, 0.2) is 0 Å². The van der Waals surface area contributed by atoms with Crippen LogP contribution in [0.15, 0.2) is 12.3 Å². The molecule has 0 fully saturated rings. The minimum atomic E-state index is -4.42. The highest BCUT2D eigenvalue weighted by Gasteiger charge is 2.31. The Morgan fingerprint density at radius 1 is 1.37 bits per heavy atom. The van der Waals surface area contributed by atoms with Crippen molar-refractivity contribution in [3.05, 3.63) is 22.8 Å². The van der Waals surface area contributed by atoms with E-state index in [1.165, 1.54) is 0 Å². The van der Waals surface area contributed by atoms with E-state index in [9.17, 15) is 13.2 Å². The van der Waals surface area contributed by atoms with Crippen LogP contribution in [0.1, 0.15) is 18.9 Å². The van der Waals surface area contributed by atoms with Crippen LogP contribution in [0, 0.1) is 0 Å². The first-order valence-corrected chi connectivity index (χ1v) is 6.38. The Balaban J connectivity index is 2.68. The molecule has 0 unspecified atom stereocenters. The fourth-order valence-electron chi connectivity index (χ4n) is 1.52. The van der Waals surface area contributed by atoms with Crippen LogP contribution in [0.3, 0.4) is 0 Å². The fraction of sp³-hybridized carbons (Fsp3) is 0.583. The molecule has 0 saturated heterocycles. The molecule has 0 amide bonds. The molecule has 1 heterocycles. The van der Waals surface area contributed by atoms with Crippen LogP contribution in [-0.2, 0) is 6.18 Å². The van der Waals surface area contributed by atoms with E-state index in [1.807, 2.05) is 0 Å². The molecule has 108 valence electrons. The summed E-state index contributed by atoms with van der Waals surface area (Å²) in [7, 11) is 1.75. The van der Waals surface area contributed by atoms with Gasteiger partial charge in [0, 0.05) is 26.3 Å². The maximum atomic E-state index is 12.5. The predicted octanol–water partition coefficient (Wildman–Crippen LogP) is 3.19. The van der Waals surface area contributed by atoms with Crippen molar-refractivity contribution >= 4 is 17.4 Å². The minimum absolute atomic E-state index is 0.00724. The summed E-state index contributed by atoms with van der Waals surface area (Å²) in [6.45, 7) is 4.31. The summed E-state index contributed by atoms with van der Waals surface area (Å²) >= 11 is 5.85. The van der Waals surface area contributed by atoms with Crippen LogP contribution in [-0.4, -0.2) is 31.7 Å². The van der Waals surface area contributed by atoms with Crippen molar-refractivity contribution in [2.45, 2.75) is 19.5 Å². The summed E-state index contributed by atoms with van der Waals surface area (Å²) in [4.78, 5) is 5.52. The molecule has 1 aromatic rings. The van der Waals surface area contributed by atoms with Crippen LogP contribution >= 0.6 is 11.6 Å². The summed E-state index contributed by atoms with van der Waals surface area (Å²) in [6, 6.07) is 0.903. The number of hydrogen-bond acceptors (Lipinski definition) is 3. The van der Waals surface area contributed by atoms with Crippen LogP contribution in [0.2, 0.25) is 5.02 Å². The lowest BCUT2D eigenvalue weighted by Gasteiger charge is -2.20. The Hall–Kier alpha value is -1.01. The Morgan fingerprint density at radius 3 is 2.58 bits per heavy atom. The number of alkyl halides is 3. The Labute approximate surface area is 115 Å². The molecule has 0 bridgehead atoms. The van der Waals surface area contributed by atoms with Gasteiger partial charge in [0.2, 0.25) is 0 Å². The largest absolute Gasteiger partial charge is 0.417 e. The maximum Gasteiger partial charge on any atom is 0.417 e. The molecule has 0 aliphatic heterocycles. The van der Waals surface area contributed by atoms with Crippen molar-refractivity contribution in [2.75, 3.05) is 31.6 Å². The second-order valence-corrected chi connectivity index (χ2v) is 4.61. The summed E-state index contributed by atoms with van der Waals surface area (Å²) in [5.74, 6) is 0.355. The van der Waals surface area contributed by atoms with E-state index in [2.05, 4.69) is 17.2 Å². The molecule has 1 aromatic heterocycles. The summed E-state index contributed by atoms with van der Waals surface area (Å²) < 4.78 is 37.4. The van der Waals surface area contributed by atoms with Crippen molar-refractivity contribution in [1.82, 2.24) is 10.3 Å². The average molecular weight is 296 g/mol. The maximum absolute atomic E-state index is 12.5. The van der Waals surface area contributed by atoms with Gasteiger partial charge in [-0.1, -0.05) is 18.5 Å². The molecule has 0 aromatic carbocycles. The van der Waals surface area contributed by atoms with E-state index in [-0.39, 0.29) is 5.02 Å². The molecule has 1 rings (SSSR count). The van der Waals surface area contributed by atoms with Crippen molar-refractivity contribution in [3.8, 4) is 0 Å². The van der Waals surface area contributed by atoms with E-state index in [0.717, 1.165) is 31.8 Å². The van der Waals surface area contributed by atoms with Gasteiger partial charge in [-0.25, -0.2) is 4.98 Å². The highest BCUT2D eigenvalue weighted by atomic mass is 35.5. The van der Waals surface area contributed by atoms with E-state index in [4.69, 9.17) is 11.6 Å². The number of aromatic nitrogens is 1. The molecule has 0 aliphatic carbocycles. The zero-order valence-electron chi connectivity index (χ0n) is 10.9. The lowest BCUT2D eigenvalue weighted by Crippen LogP contribution is -2.30. The van der Waals surface area contributed by atoms with E-state index < -0.39 is 11.7 Å².